The summed E-state index contributed by atoms with van der Waals surface area (Å²) in [6.45, 7) is 4.10. The van der Waals surface area contributed by atoms with Crippen LogP contribution in [0.4, 0.5) is 23.3 Å². The molecule has 1 aromatic heterocycles. The Morgan fingerprint density at radius 2 is 1.22 bits per heavy atom. The van der Waals surface area contributed by atoms with E-state index in [-0.39, 0.29) is 0 Å². The van der Waals surface area contributed by atoms with Crippen LogP contribution in [0.3, 0.4) is 0 Å². The van der Waals surface area contributed by atoms with Crippen LogP contribution < -0.4 is 10.6 Å². The number of halogens is 2. The number of nitrogens with zero attached hydrogens (tertiary/aromatic N) is 3. The number of rotatable bonds is 7. The van der Waals surface area contributed by atoms with Crippen molar-refractivity contribution in [3.63, 3.8) is 0 Å². The Labute approximate surface area is 201 Å². The topological polar surface area (TPSA) is 62.7 Å². The van der Waals surface area contributed by atoms with Gasteiger partial charge in [0, 0.05) is 17.1 Å². The summed E-state index contributed by atoms with van der Waals surface area (Å²) in [5, 5.41) is 8.20. The van der Waals surface area contributed by atoms with Gasteiger partial charge in [-0.25, -0.2) is 0 Å². The van der Waals surface area contributed by atoms with E-state index in [2.05, 4.69) is 25.6 Å². The minimum atomic E-state index is 0.468. The molecule has 0 aliphatic rings. The highest BCUT2D eigenvalue weighted by atomic mass is 35.5. The Morgan fingerprint density at radius 3 is 1.72 bits per heavy atom. The third-order valence-corrected chi connectivity index (χ3v) is 6.24. The number of aryl methyl sites for hydroxylation is 2. The number of thioether (sulfide) groups is 1. The summed E-state index contributed by atoms with van der Waals surface area (Å²) in [7, 11) is 0. The molecule has 0 aliphatic carbocycles. The molecule has 1 heterocycles. The standard InChI is InChI=1S/C24H21Cl2N5S/c1-15-3-8-18(9-4-15)27-22-29-23(28-19-10-5-16(2)6-11-19)31-24(30-22)32-14-17-7-12-20(25)21(26)13-17/h3-13H,14H2,1-2H3,(H2,27,28,29,30,31). The SMILES string of the molecule is Cc1ccc(Nc2nc(Nc3ccc(C)cc3)nc(SCc3ccc(Cl)c(Cl)c3)n2)cc1. The fraction of sp³-hybridized carbons (Fsp3) is 0.125. The minimum absolute atomic E-state index is 0.468. The molecule has 0 radical (unpaired) electrons. The summed E-state index contributed by atoms with van der Waals surface area (Å²) in [6.07, 6.45) is 0. The van der Waals surface area contributed by atoms with Crippen molar-refractivity contribution in [2.75, 3.05) is 10.6 Å². The molecule has 3 aromatic carbocycles. The molecule has 0 aliphatic heterocycles. The number of hydrogen-bond donors (Lipinski definition) is 2. The second-order valence-electron chi connectivity index (χ2n) is 7.28. The summed E-state index contributed by atoms with van der Waals surface area (Å²) in [5.74, 6) is 1.58. The van der Waals surface area contributed by atoms with Crippen LogP contribution in [0.2, 0.25) is 10.0 Å². The first-order valence-corrected chi connectivity index (χ1v) is 11.7. The highest BCUT2D eigenvalue weighted by Gasteiger charge is 2.10. The molecular formula is C24H21Cl2N5S. The molecule has 4 rings (SSSR count). The second kappa shape index (κ2) is 10.2. The van der Waals surface area contributed by atoms with Gasteiger partial charge in [-0.1, -0.05) is 76.4 Å². The van der Waals surface area contributed by atoms with Crippen LogP contribution in [0.1, 0.15) is 16.7 Å². The molecule has 8 heteroatoms. The zero-order valence-electron chi connectivity index (χ0n) is 17.6. The van der Waals surface area contributed by atoms with E-state index >= 15 is 0 Å². The Hall–Kier alpha value is -2.80. The van der Waals surface area contributed by atoms with E-state index in [4.69, 9.17) is 23.2 Å². The smallest absolute Gasteiger partial charge is 0.233 e. The molecule has 2 N–H and O–H groups in total. The normalized spacial score (nSPS) is 10.8. The van der Waals surface area contributed by atoms with Crippen molar-refractivity contribution in [1.82, 2.24) is 15.0 Å². The lowest BCUT2D eigenvalue weighted by Gasteiger charge is -2.11. The molecule has 0 saturated carbocycles. The van der Waals surface area contributed by atoms with E-state index in [0.717, 1.165) is 16.9 Å². The van der Waals surface area contributed by atoms with Gasteiger partial charge in [0.25, 0.3) is 0 Å². The molecule has 0 atom stereocenters. The van der Waals surface area contributed by atoms with Crippen LogP contribution in [-0.2, 0) is 5.75 Å². The summed E-state index contributed by atoms with van der Waals surface area (Å²) in [4.78, 5) is 13.7. The van der Waals surface area contributed by atoms with E-state index in [9.17, 15) is 0 Å². The van der Waals surface area contributed by atoms with Crippen molar-refractivity contribution in [2.24, 2.45) is 0 Å². The highest BCUT2D eigenvalue weighted by Crippen LogP contribution is 2.28. The lowest BCUT2D eigenvalue weighted by molar-refractivity contribution is 0.920. The number of benzene rings is 3. The van der Waals surface area contributed by atoms with Gasteiger partial charge in [-0.05, 0) is 55.8 Å². The zero-order valence-corrected chi connectivity index (χ0v) is 19.9. The molecule has 4 aromatic rings. The lowest BCUT2D eigenvalue weighted by atomic mass is 10.2. The third kappa shape index (κ3) is 6.13. The molecule has 162 valence electrons. The zero-order chi connectivity index (χ0) is 22.5. The average Bonchev–Trinajstić information content (AvgIpc) is 2.78. The van der Waals surface area contributed by atoms with Crippen LogP contribution in [0.15, 0.2) is 71.9 Å². The molecule has 0 fully saturated rings. The quantitative estimate of drug-likeness (QED) is 0.265. The largest absolute Gasteiger partial charge is 0.324 e. The summed E-state index contributed by atoms with van der Waals surface area (Å²) < 4.78 is 0. The first kappa shape index (κ1) is 22.4. The highest BCUT2D eigenvalue weighted by molar-refractivity contribution is 7.98. The van der Waals surface area contributed by atoms with Crippen LogP contribution >= 0.6 is 35.0 Å². The predicted octanol–water partition coefficient (Wildman–Crippen LogP) is 7.57. The average molecular weight is 482 g/mol. The van der Waals surface area contributed by atoms with E-state index in [1.54, 1.807) is 6.07 Å². The first-order valence-electron chi connectivity index (χ1n) is 9.95. The molecule has 0 amide bonds. The van der Waals surface area contributed by atoms with E-state index in [0.29, 0.717) is 32.9 Å². The van der Waals surface area contributed by atoms with E-state index in [1.165, 1.54) is 22.9 Å². The van der Waals surface area contributed by atoms with E-state index < -0.39 is 0 Å². The molecule has 0 spiro atoms. The van der Waals surface area contributed by atoms with Crippen LogP contribution in [0.5, 0.6) is 0 Å². The fourth-order valence-electron chi connectivity index (χ4n) is 2.84. The van der Waals surface area contributed by atoms with Gasteiger partial charge in [-0.2, -0.15) is 15.0 Å². The number of aromatic nitrogens is 3. The fourth-order valence-corrected chi connectivity index (χ4v) is 3.94. The van der Waals surface area contributed by atoms with Crippen molar-refractivity contribution >= 4 is 58.2 Å². The summed E-state index contributed by atoms with van der Waals surface area (Å²) in [5.41, 5.74) is 5.22. The van der Waals surface area contributed by atoms with Crippen LogP contribution in [-0.4, -0.2) is 15.0 Å². The van der Waals surface area contributed by atoms with Gasteiger partial charge in [-0.3, -0.25) is 0 Å². The second-order valence-corrected chi connectivity index (χ2v) is 9.04. The Kier molecular flexibility index (Phi) is 7.15. The van der Waals surface area contributed by atoms with Crippen molar-refractivity contribution < 1.29 is 0 Å². The molecule has 32 heavy (non-hydrogen) atoms. The van der Waals surface area contributed by atoms with Crippen molar-refractivity contribution in [1.29, 1.82) is 0 Å². The maximum atomic E-state index is 6.15. The van der Waals surface area contributed by atoms with Gasteiger partial charge in [0.1, 0.15) is 0 Å². The van der Waals surface area contributed by atoms with E-state index in [1.807, 2.05) is 74.5 Å². The number of hydrogen-bond acceptors (Lipinski definition) is 6. The molecule has 0 unspecified atom stereocenters. The maximum Gasteiger partial charge on any atom is 0.233 e. The Morgan fingerprint density at radius 1 is 0.688 bits per heavy atom. The number of nitrogens with one attached hydrogen (secondary N) is 2. The van der Waals surface area contributed by atoms with Crippen molar-refractivity contribution in [3.05, 3.63) is 93.5 Å². The minimum Gasteiger partial charge on any atom is -0.324 e. The molecule has 5 nitrogen and oxygen atoms in total. The molecule has 0 saturated heterocycles. The molecule has 0 bridgehead atoms. The van der Waals surface area contributed by atoms with Gasteiger partial charge in [0.05, 0.1) is 10.0 Å². The van der Waals surface area contributed by atoms with Crippen molar-refractivity contribution in [2.45, 2.75) is 24.8 Å². The van der Waals surface area contributed by atoms with Crippen LogP contribution in [0, 0.1) is 13.8 Å². The van der Waals surface area contributed by atoms with Crippen LogP contribution in [0.25, 0.3) is 0 Å². The van der Waals surface area contributed by atoms with Gasteiger partial charge in [0.15, 0.2) is 5.16 Å². The third-order valence-electron chi connectivity index (χ3n) is 4.58. The lowest BCUT2D eigenvalue weighted by Crippen LogP contribution is -2.05. The predicted molar refractivity (Wildman–Crippen MR) is 135 cm³/mol. The van der Waals surface area contributed by atoms with Gasteiger partial charge in [-0.15, -0.1) is 0 Å². The monoisotopic (exact) mass is 481 g/mol. The Balaban J connectivity index is 1.58. The van der Waals surface area contributed by atoms with Crippen molar-refractivity contribution in [3.8, 4) is 0 Å². The Bertz CT molecular complexity index is 1150. The first-order chi connectivity index (χ1) is 15.4. The van der Waals surface area contributed by atoms with Gasteiger partial charge >= 0.3 is 0 Å². The van der Waals surface area contributed by atoms with Gasteiger partial charge in [0.2, 0.25) is 11.9 Å². The molecular weight excluding hydrogens is 461 g/mol. The van der Waals surface area contributed by atoms with Gasteiger partial charge < -0.3 is 10.6 Å². The maximum absolute atomic E-state index is 6.15. The summed E-state index contributed by atoms with van der Waals surface area (Å²) >= 11 is 13.7. The summed E-state index contributed by atoms with van der Waals surface area (Å²) in [6, 6.07) is 21.7. The number of anilines is 4.